The standard InChI is InChI=1S/C20H19ClFN3O3S2/c1-12-6-7-14(21)18-17(12)23-20(29-18)24-19(26)13-8-10-25(11-9-13)30(27,28)16-5-3-2-4-15(16)22/h2-7,13H,8-11H2,1H3,(H,23,24,26). The Balaban J connectivity index is 1.43. The molecule has 1 N–H and O–H groups in total. The molecule has 0 radical (unpaired) electrons. The van der Waals surface area contributed by atoms with Crippen molar-refractivity contribution in [1.29, 1.82) is 0 Å². The van der Waals surface area contributed by atoms with Crippen LogP contribution in [-0.2, 0) is 14.8 Å². The van der Waals surface area contributed by atoms with E-state index in [1.165, 1.54) is 33.8 Å². The summed E-state index contributed by atoms with van der Waals surface area (Å²) in [5.74, 6) is -1.33. The van der Waals surface area contributed by atoms with Gasteiger partial charge >= 0.3 is 0 Å². The van der Waals surface area contributed by atoms with Crippen molar-refractivity contribution < 1.29 is 17.6 Å². The maximum Gasteiger partial charge on any atom is 0.245 e. The first-order chi connectivity index (χ1) is 14.3. The Morgan fingerprint density at radius 2 is 1.93 bits per heavy atom. The molecule has 0 unspecified atom stereocenters. The van der Waals surface area contributed by atoms with E-state index in [-0.39, 0.29) is 29.8 Å². The topological polar surface area (TPSA) is 79.4 Å². The summed E-state index contributed by atoms with van der Waals surface area (Å²) in [6.07, 6.45) is 0.703. The highest BCUT2D eigenvalue weighted by Crippen LogP contribution is 2.34. The van der Waals surface area contributed by atoms with Gasteiger partial charge < -0.3 is 5.32 Å². The van der Waals surface area contributed by atoms with Crippen LogP contribution < -0.4 is 5.32 Å². The molecule has 0 atom stereocenters. The second-order valence-electron chi connectivity index (χ2n) is 7.16. The molecule has 10 heteroatoms. The van der Waals surface area contributed by atoms with E-state index in [1.54, 1.807) is 6.07 Å². The summed E-state index contributed by atoms with van der Waals surface area (Å²) in [5.41, 5.74) is 1.73. The molecule has 0 saturated carbocycles. The molecule has 3 aromatic rings. The van der Waals surface area contributed by atoms with Crippen molar-refractivity contribution in [2.45, 2.75) is 24.7 Å². The van der Waals surface area contributed by atoms with Crippen LogP contribution in [0.25, 0.3) is 10.2 Å². The predicted molar refractivity (Wildman–Crippen MR) is 116 cm³/mol. The highest BCUT2D eigenvalue weighted by Gasteiger charge is 2.33. The Kier molecular flexibility index (Phi) is 5.80. The lowest BCUT2D eigenvalue weighted by Gasteiger charge is -2.30. The van der Waals surface area contributed by atoms with Crippen LogP contribution in [0.1, 0.15) is 18.4 Å². The van der Waals surface area contributed by atoms with Crippen molar-refractivity contribution in [2.24, 2.45) is 5.92 Å². The first-order valence-electron chi connectivity index (χ1n) is 9.38. The van der Waals surface area contributed by atoms with Crippen molar-refractivity contribution in [3.63, 3.8) is 0 Å². The number of benzene rings is 2. The molecule has 1 aliphatic heterocycles. The van der Waals surface area contributed by atoms with Crippen molar-refractivity contribution in [2.75, 3.05) is 18.4 Å². The Hall–Kier alpha value is -2.07. The van der Waals surface area contributed by atoms with Crippen LogP contribution in [0.4, 0.5) is 9.52 Å². The van der Waals surface area contributed by atoms with Crippen LogP contribution in [0.15, 0.2) is 41.3 Å². The summed E-state index contributed by atoms with van der Waals surface area (Å²) < 4.78 is 41.4. The third-order valence-electron chi connectivity index (χ3n) is 5.21. The number of fused-ring (bicyclic) bond motifs is 1. The van der Waals surface area contributed by atoms with Crippen LogP contribution in [0.3, 0.4) is 0 Å². The molecule has 2 aromatic carbocycles. The molecule has 1 aliphatic rings. The number of halogens is 2. The third-order valence-corrected chi connectivity index (χ3v) is 8.57. The monoisotopic (exact) mass is 467 g/mol. The lowest BCUT2D eigenvalue weighted by Crippen LogP contribution is -2.41. The fraction of sp³-hybridized carbons (Fsp3) is 0.300. The van der Waals surface area contributed by atoms with E-state index in [2.05, 4.69) is 10.3 Å². The van der Waals surface area contributed by atoms with Gasteiger partial charge in [0.15, 0.2) is 5.13 Å². The highest BCUT2D eigenvalue weighted by molar-refractivity contribution is 7.89. The molecule has 2 heterocycles. The van der Waals surface area contributed by atoms with Crippen LogP contribution in [0.2, 0.25) is 5.02 Å². The molecule has 1 amide bonds. The Morgan fingerprint density at radius 1 is 1.23 bits per heavy atom. The van der Waals surface area contributed by atoms with E-state index in [0.717, 1.165) is 21.8 Å². The SMILES string of the molecule is Cc1ccc(Cl)c2sc(NC(=O)C3CCN(S(=O)(=O)c4ccccc4F)CC3)nc12. The number of anilines is 1. The number of rotatable bonds is 4. The number of piperidine rings is 1. The Labute approximate surface area is 182 Å². The number of carbonyl (C=O) groups excluding carboxylic acids is 1. The smallest absolute Gasteiger partial charge is 0.245 e. The largest absolute Gasteiger partial charge is 0.302 e. The van der Waals surface area contributed by atoms with E-state index in [1.807, 2.05) is 13.0 Å². The average molecular weight is 468 g/mol. The molecular formula is C20H19ClFN3O3S2. The second-order valence-corrected chi connectivity index (χ2v) is 10.5. The molecule has 0 bridgehead atoms. The number of hydrogen-bond donors (Lipinski definition) is 1. The van der Waals surface area contributed by atoms with Crippen LogP contribution in [0, 0.1) is 18.7 Å². The molecule has 158 valence electrons. The van der Waals surface area contributed by atoms with Crippen LogP contribution >= 0.6 is 22.9 Å². The van der Waals surface area contributed by atoms with Crippen molar-refractivity contribution in [3.05, 3.63) is 52.8 Å². The highest BCUT2D eigenvalue weighted by atomic mass is 35.5. The van der Waals surface area contributed by atoms with Crippen molar-refractivity contribution >= 4 is 54.2 Å². The number of carbonyl (C=O) groups is 1. The van der Waals surface area contributed by atoms with Gasteiger partial charge in [0, 0.05) is 19.0 Å². The fourth-order valence-electron chi connectivity index (χ4n) is 3.51. The minimum atomic E-state index is -3.93. The van der Waals surface area contributed by atoms with Crippen molar-refractivity contribution in [1.82, 2.24) is 9.29 Å². The van der Waals surface area contributed by atoms with E-state index in [9.17, 15) is 17.6 Å². The summed E-state index contributed by atoms with van der Waals surface area (Å²) in [6, 6.07) is 8.99. The van der Waals surface area contributed by atoms with Gasteiger partial charge in [0.1, 0.15) is 10.7 Å². The average Bonchev–Trinajstić information content (AvgIpc) is 3.16. The number of aryl methyl sites for hydroxylation is 1. The molecular weight excluding hydrogens is 449 g/mol. The quantitative estimate of drug-likeness (QED) is 0.615. The molecule has 6 nitrogen and oxygen atoms in total. The number of nitrogens with one attached hydrogen (secondary N) is 1. The maximum atomic E-state index is 13.9. The Bertz CT molecular complexity index is 1180. The zero-order valence-corrected chi connectivity index (χ0v) is 18.5. The molecule has 4 rings (SSSR count). The Morgan fingerprint density at radius 3 is 2.60 bits per heavy atom. The summed E-state index contributed by atoms with van der Waals surface area (Å²) in [6.45, 7) is 2.23. The van der Waals surface area contributed by atoms with Crippen LogP contribution in [-0.4, -0.2) is 36.7 Å². The van der Waals surface area contributed by atoms with E-state index in [4.69, 9.17) is 11.6 Å². The number of sulfonamides is 1. The van der Waals surface area contributed by atoms with Gasteiger partial charge in [0.25, 0.3) is 0 Å². The summed E-state index contributed by atoms with van der Waals surface area (Å²) in [5, 5.41) is 3.88. The summed E-state index contributed by atoms with van der Waals surface area (Å²) in [4.78, 5) is 16.8. The van der Waals surface area contributed by atoms with Gasteiger partial charge in [-0.05, 0) is 43.5 Å². The van der Waals surface area contributed by atoms with Gasteiger partial charge in [-0.2, -0.15) is 4.31 Å². The molecule has 1 fully saturated rings. The lowest BCUT2D eigenvalue weighted by atomic mass is 9.97. The molecule has 30 heavy (non-hydrogen) atoms. The maximum absolute atomic E-state index is 13.9. The van der Waals surface area contributed by atoms with E-state index < -0.39 is 15.8 Å². The van der Waals surface area contributed by atoms with Gasteiger partial charge in [-0.3, -0.25) is 4.79 Å². The molecule has 1 saturated heterocycles. The number of thiazole rings is 1. The summed E-state index contributed by atoms with van der Waals surface area (Å²) in [7, 11) is -3.93. The molecule has 1 aromatic heterocycles. The fourth-order valence-corrected chi connectivity index (χ4v) is 6.27. The first-order valence-corrected chi connectivity index (χ1v) is 12.0. The van der Waals surface area contributed by atoms with Crippen molar-refractivity contribution in [3.8, 4) is 0 Å². The van der Waals surface area contributed by atoms with E-state index in [0.29, 0.717) is 23.0 Å². The van der Waals surface area contributed by atoms with Gasteiger partial charge in [0.2, 0.25) is 15.9 Å². The first kappa shape index (κ1) is 21.2. The number of hydrogen-bond acceptors (Lipinski definition) is 5. The minimum absolute atomic E-state index is 0.152. The molecule has 0 spiro atoms. The van der Waals surface area contributed by atoms with Gasteiger partial charge in [-0.15, -0.1) is 0 Å². The third kappa shape index (κ3) is 3.94. The lowest BCUT2D eigenvalue weighted by molar-refractivity contribution is -0.120. The van der Waals surface area contributed by atoms with Gasteiger partial charge in [-0.1, -0.05) is 41.1 Å². The number of nitrogens with zero attached hydrogens (tertiary/aromatic N) is 2. The predicted octanol–water partition coefficient (Wildman–Crippen LogP) is 4.44. The number of aromatic nitrogens is 1. The van der Waals surface area contributed by atoms with E-state index >= 15 is 0 Å². The molecule has 0 aliphatic carbocycles. The summed E-state index contributed by atoms with van der Waals surface area (Å²) >= 11 is 7.53. The second kappa shape index (κ2) is 8.22. The van der Waals surface area contributed by atoms with Gasteiger partial charge in [0.05, 0.1) is 15.2 Å². The normalized spacial score (nSPS) is 16.1. The van der Waals surface area contributed by atoms with Gasteiger partial charge in [-0.25, -0.2) is 17.8 Å². The zero-order valence-electron chi connectivity index (χ0n) is 16.1. The minimum Gasteiger partial charge on any atom is -0.302 e. The van der Waals surface area contributed by atoms with Crippen LogP contribution in [0.5, 0.6) is 0 Å². The zero-order chi connectivity index (χ0) is 21.5. The number of amides is 1.